The summed E-state index contributed by atoms with van der Waals surface area (Å²) in [6, 6.07) is 0. The van der Waals surface area contributed by atoms with Crippen LogP contribution in [0.2, 0.25) is 0 Å². The Hall–Kier alpha value is -4.19. The van der Waals surface area contributed by atoms with Crippen molar-refractivity contribution in [1.29, 1.82) is 0 Å². The minimum Gasteiger partial charge on any atom is -0.412 e. The van der Waals surface area contributed by atoms with Crippen LogP contribution in [0.4, 0.5) is 11.9 Å². The van der Waals surface area contributed by atoms with E-state index in [9.17, 15) is 18.0 Å². The molecule has 0 radical (unpaired) electrons. The number of nitrogens with one attached hydrogen (secondary N) is 2. The van der Waals surface area contributed by atoms with E-state index < -0.39 is 21.5 Å². The predicted octanol–water partition coefficient (Wildman–Crippen LogP) is -4.31. The molecule has 4 aromatic heterocycles. The van der Waals surface area contributed by atoms with Crippen LogP contribution >= 0.6 is 0 Å². The molecule has 0 atom stereocenters. The molecule has 0 saturated carbocycles. The molecule has 0 bridgehead atoms. The van der Waals surface area contributed by atoms with Crippen LogP contribution in [-0.2, 0) is 10.4 Å². The number of nitrogen functional groups attached to an aromatic ring is 2. The molecule has 0 spiro atoms. The third-order valence-electron chi connectivity index (χ3n) is 3.13. The van der Waals surface area contributed by atoms with Gasteiger partial charge in [0.1, 0.15) is 12.7 Å². The topological polar surface area (TPSA) is 263 Å². The van der Waals surface area contributed by atoms with Gasteiger partial charge in [0.15, 0.2) is 11.0 Å². The zero-order valence-electron chi connectivity index (χ0n) is 13.4. The Morgan fingerprint density at radius 1 is 0.857 bits per heavy atom. The summed E-state index contributed by atoms with van der Waals surface area (Å²) in [6.45, 7) is 0. The molecule has 0 aliphatic heterocycles. The number of nitrogens with two attached hydrogens (primary N) is 2. The number of nitrogens with zero attached hydrogens (tertiary/aromatic N) is 6. The number of anilines is 2. The van der Waals surface area contributed by atoms with Gasteiger partial charge in [-0.25, -0.2) is 9.97 Å². The summed E-state index contributed by atoms with van der Waals surface area (Å²) in [5.41, 5.74) is 8.46. The third-order valence-corrected chi connectivity index (χ3v) is 3.82. The number of aromatic nitrogens is 8. The minimum absolute atomic E-state index is 0. The Labute approximate surface area is 152 Å². The zero-order valence-corrected chi connectivity index (χ0v) is 14.2. The fourth-order valence-corrected chi connectivity index (χ4v) is 2.77. The maximum Gasteiger partial charge on any atom is 0.540 e. The van der Waals surface area contributed by atoms with E-state index in [0.717, 1.165) is 12.7 Å². The van der Waals surface area contributed by atoms with Gasteiger partial charge >= 0.3 is 10.4 Å². The van der Waals surface area contributed by atoms with E-state index in [0.29, 0.717) is 9.46 Å². The van der Waals surface area contributed by atoms with Crippen molar-refractivity contribution in [2.45, 2.75) is 0 Å². The number of fused-ring (bicyclic) bond motifs is 2. The fourth-order valence-electron chi connectivity index (χ4n) is 2.13. The molecule has 17 nitrogen and oxygen atoms in total. The Morgan fingerprint density at radius 2 is 1.25 bits per heavy atom. The van der Waals surface area contributed by atoms with Crippen molar-refractivity contribution in [2.24, 2.45) is 0 Å². The molecule has 0 aliphatic carbocycles. The molecule has 0 aromatic carbocycles. The number of hydrogen-bond donors (Lipinski definition) is 4. The minimum atomic E-state index is -4.80. The van der Waals surface area contributed by atoms with Gasteiger partial charge in [-0.1, -0.05) is 0 Å². The summed E-state index contributed by atoms with van der Waals surface area (Å²) in [7, 11) is -4.80. The molecule has 4 rings (SSSR count). The van der Waals surface area contributed by atoms with E-state index in [4.69, 9.17) is 11.5 Å². The van der Waals surface area contributed by atoms with Crippen LogP contribution in [0.15, 0.2) is 22.2 Å². The van der Waals surface area contributed by atoms with Gasteiger partial charge < -0.3 is 16.9 Å². The van der Waals surface area contributed by atoms with Crippen molar-refractivity contribution >= 4 is 44.6 Å². The second-order valence-corrected chi connectivity index (χ2v) is 6.06. The monoisotopic (exact) mass is 414 g/mol. The molecule has 4 aromatic rings. The number of H-pyrrole nitrogens is 2. The van der Waals surface area contributed by atoms with Crippen LogP contribution in [0.5, 0.6) is 0 Å². The molecule has 0 amide bonds. The molecular weight excluding hydrogens is 404 g/mol. The van der Waals surface area contributed by atoms with Crippen LogP contribution in [-0.4, -0.2) is 53.3 Å². The lowest BCUT2D eigenvalue weighted by Crippen LogP contribution is -2.30. The summed E-state index contributed by atoms with van der Waals surface area (Å²) in [4.78, 5) is 42.6. The van der Waals surface area contributed by atoms with Crippen LogP contribution in [0, 0.1) is 0 Å². The van der Waals surface area contributed by atoms with E-state index in [-0.39, 0.29) is 39.7 Å². The standard InChI is InChI=1S/C10H8N10O6S.H2O/c11-9-15-5-3(7(21)17-9)13-1-19(5)25-27(23,24)26-20-2-14-4-6(20)16-10(12)18-8(4)22;/h1-2H,(H3,11,15,17,21)(H3,12,16,18,22);1H2. The molecule has 4 heterocycles. The molecule has 18 heteroatoms. The van der Waals surface area contributed by atoms with E-state index in [1.165, 1.54) is 0 Å². The van der Waals surface area contributed by atoms with Gasteiger partial charge in [-0.2, -0.15) is 9.97 Å². The smallest absolute Gasteiger partial charge is 0.412 e. The van der Waals surface area contributed by atoms with Crippen molar-refractivity contribution in [3.8, 4) is 0 Å². The van der Waals surface area contributed by atoms with Gasteiger partial charge in [-0.15, -0.1) is 17.9 Å². The van der Waals surface area contributed by atoms with E-state index in [1.54, 1.807) is 0 Å². The molecular formula is C10H10N10O7S. The van der Waals surface area contributed by atoms with Gasteiger partial charge in [0, 0.05) is 0 Å². The van der Waals surface area contributed by atoms with E-state index >= 15 is 0 Å². The normalized spacial score (nSPS) is 11.4. The fraction of sp³-hybridized carbons (Fsp3) is 0. The molecule has 0 unspecified atom stereocenters. The highest BCUT2D eigenvalue weighted by Crippen LogP contribution is 2.08. The highest BCUT2D eigenvalue weighted by molar-refractivity contribution is 7.82. The largest absolute Gasteiger partial charge is 0.540 e. The van der Waals surface area contributed by atoms with Gasteiger partial charge in [-0.3, -0.25) is 28.1 Å². The Bertz CT molecular complexity index is 1310. The highest BCUT2D eigenvalue weighted by Gasteiger charge is 2.22. The average Bonchev–Trinajstić information content (AvgIpc) is 3.12. The number of rotatable bonds is 4. The maximum atomic E-state index is 12.2. The molecule has 0 aliphatic rings. The van der Waals surface area contributed by atoms with E-state index in [1.807, 2.05) is 0 Å². The van der Waals surface area contributed by atoms with Gasteiger partial charge in [0.05, 0.1) is 0 Å². The highest BCUT2D eigenvalue weighted by atomic mass is 32.3. The lowest BCUT2D eigenvalue weighted by molar-refractivity contribution is 0.192. The summed E-state index contributed by atoms with van der Waals surface area (Å²) in [5, 5.41) is 0. The lowest BCUT2D eigenvalue weighted by Gasteiger charge is -2.07. The Balaban J connectivity index is 0.00000225. The van der Waals surface area contributed by atoms with Crippen molar-refractivity contribution in [3.05, 3.63) is 33.4 Å². The first-order valence-electron chi connectivity index (χ1n) is 6.84. The zero-order chi connectivity index (χ0) is 19.3. The number of imidazole rings is 2. The molecule has 0 fully saturated rings. The van der Waals surface area contributed by atoms with Crippen LogP contribution in [0.25, 0.3) is 22.3 Å². The Morgan fingerprint density at radius 3 is 1.64 bits per heavy atom. The lowest BCUT2D eigenvalue weighted by atomic mass is 10.5. The maximum absolute atomic E-state index is 12.2. The summed E-state index contributed by atoms with van der Waals surface area (Å²) in [6.07, 6.45) is 1.75. The van der Waals surface area contributed by atoms with Crippen molar-refractivity contribution < 1.29 is 22.5 Å². The predicted molar refractivity (Wildman–Crippen MR) is 90.8 cm³/mol. The second kappa shape index (κ2) is 6.21. The first kappa shape index (κ1) is 18.6. The van der Waals surface area contributed by atoms with Crippen molar-refractivity contribution in [1.82, 2.24) is 39.4 Å². The molecule has 8 N–H and O–H groups in total. The summed E-state index contributed by atoms with van der Waals surface area (Å²) >= 11 is 0. The average molecular weight is 414 g/mol. The van der Waals surface area contributed by atoms with Gasteiger partial charge in [0.25, 0.3) is 11.1 Å². The number of hydrogen-bond acceptors (Lipinski definition) is 12. The van der Waals surface area contributed by atoms with E-state index in [2.05, 4.69) is 38.5 Å². The van der Waals surface area contributed by atoms with Crippen molar-refractivity contribution in [3.63, 3.8) is 0 Å². The SMILES string of the molecule is Nc1nc2c(ncn2OS(=O)(=O)On2cnc3c(=O)[nH]c(N)nc32)c(=O)[nH]1.O. The quantitative estimate of drug-likeness (QED) is 0.247. The molecule has 148 valence electrons. The Kier molecular flexibility index (Phi) is 4.12. The number of aromatic amines is 2. The first-order valence-corrected chi connectivity index (χ1v) is 8.17. The van der Waals surface area contributed by atoms with Crippen LogP contribution in [0.3, 0.4) is 0 Å². The van der Waals surface area contributed by atoms with Gasteiger partial charge in [0.2, 0.25) is 23.2 Å². The molecule has 28 heavy (non-hydrogen) atoms. The molecule has 0 saturated heterocycles. The van der Waals surface area contributed by atoms with Crippen LogP contribution < -0.4 is 31.2 Å². The second-order valence-electron chi connectivity index (χ2n) is 4.94. The summed E-state index contributed by atoms with van der Waals surface area (Å²) in [5.74, 6) is -0.564. The van der Waals surface area contributed by atoms with Crippen molar-refractivity contribution in [2.75, 3.05) is 11.5 Å². The summed E-state index contributed by atoms with van der Waals surface area (Å²) < 4.78 is 34.8. The first-order chi connectivity index (χ1) is 12.7. The van der Waals surface area contributed by atoms with Gasteiger partial charge in [-0.05, 0) is 0 Å². The third kappa shape index (κ3) is 3.03. The van der Waals surface area contributed by atoms with Crippen LogP contribution in [0.1, 0.15) is 0 Å².